The Morgan fingerprint density at radius 3 is 2.53 bits per heavy atom. The first-order chi connectivity index (χ1) is 15.6. The fraction of sp³-hybridized carbons (Fsp3) is 0.458. The average Bonchev–Trinajstić information content (AvgIpc) is 3.33. The number of unbranched alkanes of at least 4 members (excludes halogenated alkanes) is 1. The molecule has 8 heteroatoms. The van der Waals surface area contributed by atoms with E-state index in [0.717, 1.165) is 61.7 Å². The summed E-state index contributed by atoms with van der Waals surface area (Å²) < 4.78 is 5.67. The van der Waals surface area contributed by atoms with Crippen LogP contribution in [0.4, 0.5) is 0 Å². The number of hydrogen-bond acceptors (Lipinski definition) is 4. The fourth-order valence-electron chi connectivity index (χ4n) is 4.89. The van der Waals surface area contributed by atoms with Crippen molar-refractivity contribution in [2.24, 2.45) is 7.05 Å². The number of aromatic amines is 1. The lowest BCUT2D eigenvalue weighted by Crippen LogP contribution is -2.31. The van der Waals surface area contributed by atoms with Gasteiger partial charge in [0.05, 0.1) is 11.4 Å². The Kier molecular flexibility index (Phi) is 5.46. The number of likely N-dealkylation sites (tertiary alicyclic amines) is 1. The Morgan fingerprint density at radius 1 is 1.06 bits per heavy atom. The summed E-state index contributed by atoms with van der Waals surface area (Å²) in [5.41, 5.74) is 3.35. The van der Waals surface area contributed by atoms with Gasteiger partial charge < -0.3 is 4.57 Å². The van der Waals surface area contributed by atoms with E-state index < -0.39 is 5.69 Å². The maximum Gasteiger partial charge on any atom is 0.329 e. The van der Waals surface area contributed by atoms with Gasteiger partial charge in [-0.1, -0.05) is 50.1 Å². The summed E-state index contributed by atoms with van der Waals surface area (Å²) in [5, 5.41) is 0. The van der Waals surface area contributed by atoms with Gasteiger partial charge >= 0.3 is 5.69 Å². The summed E-state index contributed by atoms with van der Waals surface area (Å²) in [4.78, 5) is 35.0. The Labute approximate surface area is 186 Å². The largest absolute Gasteiger partial charge is 0.329 e. The summed E-state index contributed by atoms with van der Waals surface area (Å²) in [7, 11) is 1.66. The van der Waals surface area contributed by atoms with Gasteiger partial charge in [0, 0.05) is 25.7 Å². The zero-order chi connectivity index (χ0) is 22.2. The molecule has 8 nitrogen and oxygen atoms in total. The van der Waals surface area contributed by atoms with Crippen LogP contribution in [0.25, 0.3) is 28.2 Å². The number of H-pyrrole nitrogens is 1. The molecular formula is C24H30N6O2. The molecule has 0 saturated carbocycles. The van der Waals surface area contributed by atoms with Gasteiger partial charge in [-0.15, -0.1) is 0 Å². The van der Waals surface area contributed by atoms with E-state index in [-0.39, 0.29) is 5.56 Å². The van der Waals surface area contributed by atoms with Crippen LogP contribution >= 0.6 is 0 Å². The lowest BCUT2D eigenvalue weighted by molar-refractivity contribution is 0.218. The molecule has 1 fully saturated rings. The lowest BCUT2D eigenvalue weighted by Gasteiger charge is -2.26. The van der Waals surface area contributed by atoms with Crippen molar-refractivity contribution < 1.29 is 0 Å². The number of hydrogen-bond donors (Lipinski definition) is 1. The standard InChI is InChI=1S/C24H30N6O2/c1-3-4-15-29-19(17-11-7-5-8-12-17)18(16-28-13-9-6-10-14-28)30-20-21(25-23(29)30)27(2)24(32)26-22(20)31/h5,7-8,11-12H,3-4,6,9-10,13-16H2,1-2H3,(H,26,31,32). The van der Waals surface area contributed by atoms with Crippen LogP contribution in [0.1, 0.15) is 44.7 Å². The second kappa shape index (κ2) is 8.43. The maximum atomic E-state index is 13.0. The van der Waals surface area contributed by atoms with Crippen molar-refractivity contribution in [1.29, 1.82) is 0 Å². The number of rotatable bonds is 6. The number of piperidine rings is 1. The van der Waals surface area contributed by atoms with Gasteiger partial charge in [0.15, 0.2) is 11.2 Å². The van der Waals surface area contributed by atoms with E-state index in [2.05, 4.69) is 45.6 Å². The Hall–Kier alpha value is -3.13. The SMILES string of the molecule is CCCCn1c(-c2ccccc2)c(CN2CCCCC2)n2c3c(=O)[nH]c(=O)n(C)c3nc12. The zero-order valence-electron chi connectivity index (χ0n) is 18.8. The molecule has 1 aliphatic heterocycles. The minimum absolute atomic E-state index is 0.386. The van der Waals surface area contributed by atoms with E-state index in [0.29, 0.717) is 11.2 Å². The van der Waals surface area contributed by atoms with Crippen molar-refractivity contribution >= 4 is 16.9 Å². The van der Waals surface area contributed by atoms with Gasteiger partial charge in [-0.25, -0.2) is 4.79 Å². The first-order valence-electron chi connectivity index (χ1n) is 11.6. The van der Waals surface area contributed by atoms with Crippen molar-refractivity contribution in [3.8, 4) is 11.3 Å². The van der Waals surface area contributed by atoms with Crippen molar-refractivity contribution in [3.05, 3.63) is 56.9 Å². The first-order valence-corrected chi connectivity index (χ1v) is 11.6. The molecule has 1 N–H and O–H groups in total. The summed E-state index contributed by atoms with van der Waals surface area (Å²) >= 11 is 0. The molecule has 168 valence electrons. The van der Waals surface area contributed by atoms with Gasteiger partial charge in [-0.05, 0) is 32.4 Å². The number of nitrogens with one attached hydrogen (secondary N) is 1. The molecule has 0 aliphatic carbocycles. The third-order valence-corrected chi connectivity index (χ3v) is 6.56. The van der Waals surface area contributed by atoms with Gasteiger partial charge in [-0.3, -0.25) is 23.6 Å². The van der Waals surface area contributed by atoms with Gasteiger partial charge in [0.2, 0.25) is 5.78 Å². The molecule has 1 aliphatic rings. The lowest BCUT2D eigenvalue weighted by atomic mass is 10.1. The first kappa shape index (κ1) is 20.8. The van der Waals surface area contributed by atoms with E-state index in [9.17, 15) is 9.59 Å². The minimum atomic E-state index is -0.441. The molecule has 1 aromatic carbocycles. The van der Waals surface area contributed by atoms with Crippen LogP contribution in [0, 0.1) is 0 Å². The van der Waals surface area contributed by atoms with Gasteiger partial charge in [0.1, 0.15) is 0 Å². The highest BCUT2D eigenvalue weighted by Gasteiger charge is 2.26. The molecule has 3 aromatic heterocycles. The van der Waals surface area contributed by atoms with Crippen LogP contribution in [0.3, 0.4) is 0 Å². The highest BCUT2D eigenvalue weighted by Crippen LogP contribution is 2.32. The molecular weight excluding hydrogens is 404 g/mol. The molecule has 4 heterocycles. The molecule has 0 spiro atoms. The minimum Gasteiger partial charge on any atom is -0.309 e. The van der Waals surface area contributed by atoms with E-state index in [1.54, 1.807) is 7.05 Å². The quantitative estimate of drug-likeness (QED) is 0.506. The van der Waals surface area contributed by atoms with Crippen molar-refractivity contribution in [3.63, 3.8) is 0 Å². The highest BCUT2D eigenvalue weighted by atomic mass is 16.2. The van der Waals surface area contributed by atoms with Crippen LogP contribution in [0.5, 0.6) is 0 Å². The molecule has 0 bridgehead atoms. The highest BCUT2D eigenvalue weighted by molar-refractivity contribution is 5.79. The maximum absolute atomic E-state index is 13.0. The Balaban J connectivity index is 1.86. The van der Waals surface area contributed by atoms with Crippen LogP contribution < -0.4 is 11.2 Å². The molecule has 0 unspecified atom stereocenters. The number of benzene rings is 1. The monoisotopic (exact) mass is 434 g/mol. The van der Waals surface area contributed by atoms with Gasteiger partial charge in [0.25, 0.3) is 5.56 Å². The van der Waals surface area contributed by atoms with Crippen LogP contribution in [-0.2, 0) is 20.1 Å². The zero-order valence-corrected chi connectivity index (χ0v) is 18.8. The number of nitrogens with zero attached hydrogens (tertiary/aromatic N) is 5. The number of fused-ring (bicyclic) bond motifs is 3. The molecule has 32 heavy (non-hydrogen) atoms. The predicted molar refractivity (Wildman–Crippen MR) is 126 cm³/mol. The van der Waals surface area contributed by atoms with E-state index in [1.165, 1.54) is 23.8 Å². The Morgan fingerprint density at radius 2 is 1.81 bits per heavy atom. The molecule has 5 rings (SSSR count). The average molecular weight is 435 g/mol. The summed E-state index contributed by atoms with van der Waals surface area (Å²) in [6.07, 6.45) is 5.72. The van der Waals surface area contributed by atoms with Crippen LogP contribution in [-0.4, -0.2) is 41.5 Å². The number of aromatic nitrogens is 5. The van der Waals surface area contributed by atoms with Crippen molar-refractivity contribution in [1.82, 2.24) is 28.4 Å². The topological polar surface area (TPSA) is 80.3 Å². The molecule has 0 amide bonds. The predicted octanol–water partition coefficient (Wildman–Crippen LogP) is 3.13. The van der Waals surface area contributed by atoms with E-state index in [4.69, 9.17) is 4.98 Å². The molecule has 1 saturated heterocycles. The third-order valence-electron chi connectivity index (χ3n) is 6.56. The normalized spacial score (nSPS) is 15.2. The van der Waals surface area contributed by atoms with E-state index >= 15 is 0 Å². The summed E-state index contributed by atoms with van der Waals surface area (Å²) in [6, 6.07) is 10.4. The molecule has 4 aromatic rings. The van der Waals surface area contributed by atoms with Gasteiger partial charge in [-0.2, -0.15) is 4.98 Å². The number of aryl methyl sites for hydroxylation is 2. The number of imidazole rings is 2. The smallest absolute Gasteiger partial charge is 0.309 e. The summed E-state index contributed by atoms with van der Waals surface area (Å²) in [5.74, 6) is 0.728. The van der Waals surface area contributed by atoms with Crippen LogP contribution in [0.15, 0.2) is 39.9 Å². The second-order valence-corrected chi connectivity index (χ2v) is 8.74. The van der Waals surface area contributed by atoms with E-state index in [1.807, 2.05) is 10.5 Å². The second-order valence-electron chi connectivity index (χ2n) is 8.74. The fourth-order valence-corrected chi connectivity index (χ4v) is 4.89. The molecule has 0 radical (unpaired) electrons. The van der Waals surface area contributed by atoms with Crippen molar-refractivity contribution in [2.45, 2.75) is 52.1 Å². The van der Waals surface area contributed by atoms with Crippen LogP contribution in [0.2, 0.25) is 0 Å². The molecule has 0 atom stereocenters. The summed E-state index contributed by atoms with van der Waals surface area (Å²) in [6.45, 7) is 5.83. The van der Waals surface area contributed by atoms with Crippen molar-refractivity contribution in [2.75, 3.05) is 13.1 Å². The Bertz CT molecular complexity index is 1370. The third kappa shape index (κ3) is 3.39.